The molecule has 2 aliphatic rings. The molecule has 26 heavy (non-hydrogen) atoms. The minimum absolute atomic E-state index is 0.154. The lowest BCUT2D eigenvalue weighted by molar-refractivity contribution is -0.139. The maximum Gasteiger partial charge on any atom is 0.339 e. The predicted octanol–water partition coefficient (Wildman–Crippen LogP) is 4.04. The van der Waals surface area contributed by atoms with Gasteiger partial charge in [-0.2, -0.15) is 0 Å². The van der Waals surface area contributed by atoms with Crippen LogP contribution in [0.15, 0.2) is 67.5 Å². The number of ether oxygens (including phenoxy) is 3. The van der Waals surface area contributed by atoms with Gasteiger partial charge in [-0.1, -0.05) is 6.08 Å². The van der Waals surface area contributed by atoms with Crippen LogP contribution in [-0.4, -0.2) is 33.3 Å². The van der Waals surface area contributed by atoms with Gasteiger partial charge in [0.15, 0.2) is 0 Å². The molecule has 0 aliphatic heterocycles. The fourth-order valence-electron chi connectivity index (χ4n) is 3.08. The third-order valence-electron chi connectivity index (χ3n) is 4.34. The Morgan fingerprint density at radius 2 is 1.50 bits per heavy atom. The van der Waals surface area contributed by atoms with E-state index in [2.05, 4.69) is 15.9 Å². The quantitative estimate of drug-likeness (QED) is 0.644. The Kier molecular flexibility index (Phi) is 6.08. The second kappa shape index (κ2) is 7.91. The molecular formula is C20H21BrO5. The molecule has 0 fully saturated rings. The summed E-state index contributed by atoms with van der Waals surface area (Å²) in [4.78, 5) is 25.0. The number of methoxy groups -OCH3 is 3. The van der Waals surface area contributed by atoms with Crippen molar-refractivity contribution in [3.05, 3.63) is 67.5 Å². The number of hydrogen-bond acceptors (Lipinski definition) is 5. The summed E-state index contributed by atoms with van der Waals surface area (Å²) in [6, 6.07) is 0. The summed E-state index contributed by atoms with van der Waals surface area (Å²) in [5.41, 5.74) is 4.36. The summed E-state index contributed by atoms with van der Waals surface area (Å²) in [7, 11) is 4.15. The Morgan fingerprint density at radius 3 is 2.04 bits per heavy atom. The molecule has 0 atom stereocenters. The van der Waals surface area contributed by atoms with Crippen LogP contribution >= 0.6 is 15.9 Å². The van der Waals surface area contributed by atoms with Crippen molar-refractivity contribution in [2.45, 2.75) is 20.8 Å². The molecule has 0 aromatic carbocycles. The molecule has 0 bridgehead atoms. The molecule has 0 spiro atoms. The summed E-state index contributed by atoms with van der Waals surface area (Å²) in [5, 5.41) is 0. The summed E-state index contributed by atoms with van der Waals surface area (Å²) in [6.45, 7) is 5.72. The smallest absolute Gasteiger partial charge is 0.339 e. The van der Waals surface area contributed by atoms with E-state index in [-0.39, 0.29) is 11.1 Å². The molecule has 0 unspecified atom stereocenters. The van der Waals surface area contributed by atoms with Crippen molar-refractivity contribution < 1.29 is 23.8 Å². The first-order valence-electron chi connectivity index (χ1n) is 7.92. The van der Waals surface area contributed by atoms with E-state index in [0.29, 0.717) is 11.3 Å². The van der Waals surface area contributed by atoms with E-state index in [0.717, 1.165) is 26.8 Å². The number of carbonyl (C=O) groups is 2. The van der Waals surface area contributed by atoms with Gasteiger partial charge in [0.1, 0.15) is 5.76 Å². The van der Waals surface area contributed by atoms with Crippen LogP contribution in [-0.2, 0) is 23.8 Å². The first kappa shape index (κ1) is 20.0. The summed E-state index contributed by atoms with van der Waals surface area (Å²) >= 11 is 3.58. The number of carbonyl (C=O) groups excluding carboxylic acids is 2. The molecule has 6 heteroatoms. The molecule has 138 valence electrons. The van der Waals surface area contributed by atoms with Gasteiger partial charge in [0.2, 0.25) is 0 Å². The predicted molar refractivity (Wildman–Crippen MR) is 102 cm³/mol. The minimum atomic E-state index is -0.602. The zero-order valence-electron chi connectivity index (χ0n) is 15.7. The van der Waals surface area contributed by atoms with Gasteiger partial charge >= 0.3 is 11.9 Å². The summed E-state index contributed by atoms with van der Waals surface area (Å²) < 4.78 is 16.1. The van der Waals surface area contributed by atoms with Gasteiger partial charge < -0.3 is 14.2 Å². The van der Waals surface area contributed by atoms with Gasteiger partial charge in [-0.15, -0.1) is 0 Å². The van der Waals surface area contributed by atoms with E-state index < -0.39 is 11.9 Å². The second-order valence-corrected chi connectivity index (χ2v) is 6.67. The van der Waals surface area contributed by atoms with Crippen molar-refractivity contribution >= 4 is 27.9 Å². The van der Waals surface area contributed by atoms with Gasteiger partial charge in [0.05, 0.1) is 37.0 Å². The Hall–Kier alpha value is -2.34. The Morgan fingerprint density at radius 1 is 0.885 bits per heavy atom. The minimum Gasteiger partial charge on any atom is -0.496 e. The summed E-state index contributed by atoms with van der Waals surface area (Å²) in [6.07, 6.45) is 5.22. The van der Waals surface area contributed by atoms with Crippen LogP contribution in [0.1, 0.15) is 20.8 Å². The topological polar surface area (TPSA) is 61.8 Å². The lowest BCUT2D eigenvalue weighted by Gasteiger charge is -2.18. The highest BCUT2D eigenvalue weighted by molar-refractivity contribution is 9.12. The molecule has 0 N–H and O–H groups in total. The van der Waals surface area contributed by atoms with Crippen molar-refractivity contribution in [1.82, 2.24) is 0 Å². The van der Waals surface area contributed by atoms with Gasteiger partial charge in [0.25, 0.3) is 0 Å². The number of allylic oxidation sites excluding steroid dienone is 9. The molecule has 0 aromatic heterocycles. The SMILES string of the molecule is COC(=O)C1=CC=C(C)C2=C(C)C(Br)=C(OC)C=C(C)C2=C1C(=O)OC. The zero-order chi connectivity index (χ0) is 19.6. The van der Waals surface area contributed by atoms with Crippen molar-refractivity contribution in [2.75, 3.05) is 21.3 Å². The number of esters is 2. The van der Waals surface area contributed by atoms with Crippen LogP contribution in [0.4, 0.5) is 0 Å². The highest BCUT2D eigenvalue weighted by atomic mass is 79.9. The number of rotatable bonds is 3. The van der Waals surface area contributed by atoms with E-state index in [1.807, 2.05) is 26.8 Å². The van der Waals surface area contributed by atoms with E-state index >= 15 is 0 Å². The monoisotopic (exact) mass is 420 g/mol. The van der Waals surface area contributed by atoms with E-state index in [1.165, 1.54) is 14.2 Å². The lowest BCUT2D eigenvalue weighted by Crippen LogP contribution is -2.18. The van der Waals surface area contributed by atoms with Crippen LogP contribution in [0.2, 0.25) is 0 Å². The van der Waals surface area contributed by atoms with E-state index in [4.69, 9.17) is 14.2 Å². The highest BCUT2D eigenvalue weighted by Gasteiger charge is 2.32. The number of hydrogen-bond donors (Lipinski definition) is 0. The lowest BCUT2D eigenvalue weighted by atomic mass is 9.86. The Balaban J connectivity index is 3.01. The van der Waals surface area contributed by atoms with Crippen molar-refractivity contribution in [3.8, 4) is 0 Å². The van der Waals surface area contributed by atoms with Gasteiger partial charge in [-0.25, -0.2) is 9.59 Å². The van der Waals surface area contributed by atoms with Crippen LogP contribution in [0.25, 0.3) is 0 Å². The fourth-order valence-corrected chi connectivity index (χ4v) is 3.55. The fraction of sp³-hybridized carbons (Fsp3) is 0.300. The molecule has 5 nitrogen and oxygen atoms in total. The van der Waals surface area contributed by atoms with Crippen LogP contribution in [0.5, 0.6) is 0 Å². The standard InChI is InChI=1S/C20H21BrO5/c1-10-7-8-13(19(22)25-5)17(20(23)26-6)16-11(2)9-14(24-4)18(21)12(3)15(10)16/h7-9H,1-6H3. The maximum absolute atomic E-state index is 12.7. The van der Waals surface area contributed by atoms with Crippen molar-refractivity contribution in [3.63, 3.8) is 0 Å². The number of fused-ring (bicyclic) bond motifs is 1. The molecule has 0 saturated heterocycles. The van der Waals surface area contributed by atoms with Gasteiger partial charge in [-0.05, 0) is 71.1 Å². The van der Waals surface area contributed by atoms with Gasteiger partial charge in [-0.3, -0.25) is 0 Å². The normalized spacial score (nSPS) is 17.6. The highest BCUT2D eigenvalue weighted by Crippen LogP contribution is 2.42. The molecule has 0 radical (unpaired) electrons. The molecule has 0 aromatic rings. The maximum atomic E-state index is 12.7. The molecule has 0 heterocycles. The van der Waals surface area contributed by atoms with E-state index in [9.17, 15) is 9.59 Å². The third-order valence-corrected chi connectivity index (χ3v) is 5.33. The Bertz CT molecular complexity index is 863. The first-order chi connectivity index (χ1) is 12.3. The zero-order valence-corrected chi connectivity index (χ0v) is 17.2. The second-order valence-electron chi connectivity index (χ2n) is 5.87. The van der Waals surface area contributed by atoms with Gasteiger partial charge in [0, 0.05) is 5.57 Å². The molecular weight excluding hydrogens is 400 g/mol. The van der Waals surface area contributed by atoms with E-state index in [1.54, 1.807) is 19.3 Å². The molecule has 2 rings (SSSR count). The molecule has 2 aliphatic carbocycles. The van der Waals surface area contributed by atoms with Crippen molar-refractivity contribution in [1.29, 1.82) is 0 Å². The van der Waals surface area contributed by atoms with Crippen LogP contribution < -0.4 is 0 Å². The molecule has 0 amide bonds. The first-order valence-corrected chi connectivity index (χ1v) is 8.72. The Labute approximate surface area is 161 Å². The average Bonchev–Trinajstić information content (AvgIpc) is 2.84. The summed E-state index contributed by atoms with van der Waals surface area (Å²) in [5.74, 6) is -0.569. The average molecular weight is 421 g/mol. The van der Waals surface area contributed by atoms with Crippen molar-refractivity contribution in [2.24, 2.45) is 0 Å². The number of halogens is 1. The largest absolute Gasteiger partial charge is 0.496 e. The third kappa shape index (κ3) is 3.33. The van der Waals surface area contributed by atoms with Crippen LogP contribution in [0, 0.1) is 0 Å². The van der Waals surface area contributed by atoms with Crippen LogP contribution in [0.3, 0.4) is 0 Å². The molecule has 0 saturated carbocycles.